The summed E-state index contributed by atoms with van der Waals surface area (Å²) in [5, 5.41) is 3.50. The smallest absolute Gasteiger partial charge is 0.224 e. The van der Waals surface area contributed by atoms with Crippen molar-refractivity contribution in [3.05, 3.63) is 58.9 Å². The Labute approximate surface area is 105 Å². The van der Waals surface area contributed by atoms with Crippen LogP contribution in [0.15, 0.2) is 42.7 Å². The zero-order chi connectivity index (χ0) is 12.1. The lowest BCUT2D eigenvalue weighted by molar-refractivity contribution is -0.120. The molecule has 2 rings (SSSR count). The van der Waals surface area contributed by atoms with E-state index in [0.29, 0.717) is 18.0 Å². The van der Waals surface area contributed by atoms with Crippen LogP contribution in [-0.4, -0.2) is 10.9 Å². The number of carbonyl (C=O) groups excluding carboxylic acids is 1. The van der Waals surface area contributed by atoms with E-state index < -0.39 is 0 Å². The van der Waals surface area contributed by atoms with E-state index in [1.807, 2.05) is 30.6 Å². The molecule has 3 nitrogen and oxygen atoms in total. The van der Waals surface area contributed by atoms with Crippen molar-refractivity contribution in [1.82, 2.24) is 10.3 Å². The van der Waals surface area contributed by atoms with Gasteiger partial charge >= 0.3 is 0 Å². The van der Waals surface area contributed by atoms with Gasteiger partial charge in [0, 0.05) is 24.0 Å². The van der Waals surface area contributed by atoms with Crippen LogP contribution in [0, 0.1) is 0 Å². The Morgan fingerprint density at radius 1 is 1.29 bits per heavy atom. The Bertz CT molecular complexity index is 494. The van der Waals surface area contributed by atoms with Crippen LogP contribution in [0.1, 0.15) is 11.1 Å². The molecule has 1 amide bonds. The first kappa shape index (κ1) is 11.7. The number of rotatable bonds is 4. The van der Waals surface area contributed by atoms with Gasteiger partial charge in [-0.15, -0.1) is 0 Å². The molecule has 0 aliphatic rings. The topological polar surface area (TPSA) is 44.9 Å². The van der Waals surface area contributed by atoms with Crippen molar-refractivity contribution in [3.63, 3.8) is 0 Å². The number of hydrogen-bond donors (Lipinski definition) is 2. The number of halogens is 1. The zero-order valence-corrected chi connectivity index (χ0v) is 10.00. The summed E-state index contributed by atoms with van der Waals surface area (Å²) in [7, 11) is 0. The van der Waals surface area contributed by atoms with E-state index >= 15 is 0 Å². The molecular formula is C13H13ClN2O. The third-order valence-electron chi connectivity index (χ3n) is 2.41. The number of aromatic amines is 1. The number of amides is 1. The number of hydrogen-bond acceptors (Lipinski definition) is 1. The van der Waals surface area contributed by atoms with E-state index in [-0.39, 0.29) is 5.91 Å². The minimum absolute atomic E-state index is 0.00605. The Balaban J connectivity index is 1.85. The average molecular weight is 249 g/mol. The van der Waals surface area contributed by atoms with E-state index in [0.717, 1.165) is 11.1 Å². The van der Waals surface area contributed by atoms with E-state index in [2.05, 4.69) is 10.3 Å². The molecule has 0 radical (unpaired) electrons. The van der Waals surface area contributed by atoms with Gasteiger partial charge in [0.2, 0.25) is 5.91 Å². The lowest BCUT2D eigenvalue weighted by Gasteiger charge is -2.04. The Hall–Kier alpha value is -1.74. The summed E-state index contributed by atoms with van der Waals surface area (Å²) in [5.41, 5.74) is 1.98. The first-order valence-corrected chi connectivity index (χ1v) is 5.74. The fourth-order valence-corrected chi connectivity index (χ4v) is 1.78. The molecule has 0 saturated carbocycles. The fraction of sp³-hybridized carbons (Fsp3) is 0.154. The molecule has 0 spiro atoms. The van der Waals surface area contributed by atoms with Gasteiger partial charge in [0.15, 0.2) is 0 Å². The summed E-state index contributed by atoms with van der Waals surface area (Å²) in [4.78, 5) is 14.6. The molecular weight excluding hydrogens is 236 g/mol. The summed E-state index contributed by atoms with van der Waals surface area (Å²) >= 11 is 5.85. The van der Waals surface area contributed by atoms with E-state index in [9.17, 15) is 4.79 Å². The van der Waals surface area contributed by atoms with E-state index in [1.165, 1.54) is 0 Å². The number of aromatic nitrogens is 1. The van der Waals surface area contributed by atoms with Crippen LogP contribution in [-0.2, 0) is 17.8 Å². The second kappa shape index (κ2) is 5.55. The summed E-state index contributed by atoms with van der Waals surface area (Å²) < 4.78 is 0. The molecule has 0 fully saturated rings. The van der Waals surface area contributed by atoms with Gasteiger partial charge in [-0.05, 0) is 29.3 Å². The molecule has 17 heavy (non-hydrogen) atoms. The molecule has 2 N–H and O–H groups in total. The van der Waals surface area contributed by atoms with Crippen LogP contribution in [0.4, 0.5) is 0 Å². The standard InChI is InChI=1S/C13H13ClN2O/c14-12-3-1-2-10(6-12)7-13(17)16-9-11-4-5-15-8-11/h1-6,8,15H,7,9H2,(H,16,17). The SMILES string of the molecule is O=C(Cc1cccc(Cl)c1)NCc1cc[nH]c1. The maximum Gasteiger partial charge on any atom is 0.224 e. The first-order chi connectivity index (χ1) is 8.24. The van der Waals surface area contributed by atoms with Crippen LogP contribution in [0.3, 0.4) is 0 Å². The van der Waals surface area contributed by atoms with Crippen LogP contribution >= 0.6 is 11.6 Å². The summed E-state index contributed by atoms with van der Waals surface area (Å²) in [5.74, 6) is -0.00605. The monoisotopic (exact) mass is 248 g/mol. The number of nitrogens with one attached hydrogen (secondary N) is 2. The lowest BCUT2D eigenvalue weighted by Crippen LogP contribution is -2.24. The van der Waals surface area contributed by atoms with Gasteiger partial charge in [0.05, 0.1) is 6.42 Å². The molecule has 1 aromatic carbocycles. The minimum atomic E-state index is -0.00605. The van der Waals surface area contributed by atoms with Gasteiger partial charge in [-0.3, -0.25) is 4.79 Å². The number of H-pyrrole nitrogens is 1. The predicted octanol–water partition coefficient (Wildman–Crippen LogP) is 2.53. The van der Waals surface area contributed by atoms with Crippen molar-refractivity contribution < 1.29 is 4.79 Å². The van der Waals surface area contributed by atoms with Crippen molar-refractivity contribution in [1.29, 1.82) is 0 Å². The summed E-state index contributed by atoms with van der Waals surface area (Å²) in [6.07, 6.45) is 4.04. The molecule has 0 aliphatic heterocycles. The van der Waals surface area contributed by atoms with Crippen LogP contribution in [0.2, 0.25) is 5.02 Å². The van der Waals surface area contributed by atoms with Gasteiger partial charge in [-0.2, -0.15) is 0 Å². The van der Waals surface area contributed by atoms with Gasteiger partial charge in [0.25, 0.3) is 0 Å². The predicted molar refractivity (Wildman–Crippen MR) is 67.8 cm³/mol. The third-order valence-corrected chi connectivity index (χ3v) is 2.64. The van der Waals surface area contributed by atoms with Crippen molar-refractivity contribution in [2.24, 2.45) is 0 Å². The van der Waals surface area contributed by atoms with Crippen LogP contribution in [0.25, 0.3) is 0 Å². The highest BCUT2D eigenvalue weighted by Gasteiger charge is 2.03. The molecule has 0 saturated heterocycles. The summed E-state index contributed by atoms with van der Waals surface area (Å²) in [6.45, 7) is 0.545. The molecule has 0 atom stereocenters. The average Bonchev–Trinajstić information content (AvgIpc) is 2.79. The van der Waals surface area contributed by atoms with Crippen molar-refractivity contribution >= 4 is 17.5 Å². The Morgan fingerprint density at radius 2 is 2.18 bits per heavy atom. The molecule has 88 valence electrons. The maximum absolute atomic E-state index is 11.7. The lowest BCUT2D eigenvalue weighted by atomic mass is 10.1. The highest BCUT2D eigenvalue weighted by molar-refractivity contribution is 6.30. The number of carbonyl (C=O) groups is 1. The number of benzene rings is 1. The van der Waals surface area contributed by atoms with Gasteiger partial charge < -0.3 is 10.3 Å². The van der Waals surface area contributed by atoms with Crippen molar-refractivity contribution in [2.45, 2.75) is 13.0 Å². The molecule has 2 aromatic rings. The highest BCUT2D eigenvalue weighted by Crippen LogP contribution is 2.11. The third kappa shape index (κ3) is 3.64. The summed E-state index contributed by atoms with van der Waals surface area (Å²) in [6, 6.07) is 9.26. The van der Waals surface area contributed by atoms with Crippen molar-refractivity contribution in [3.8, 4) is 0 Å². The minimum Gasteiger partial charge on any atom is -0.367 e. The second-order valence-electron chi connectivity index (χ2n) is 3.80. The maximum atomic E-state index is 11.7. The largest absolute Gasteiger partial charge is 0.367 e. The van der Waals surface area contributed by atoms with Crippen LogP contribution < -0.4 is 5.32 Å². The van der Waals surface area contributed by atoms with Crippen molar-refractivity contribution in [2.75, 3.05) is 0 Å². The quantitative estimate of drug-likeness (QED) is 0.858. The molecule has 0 unspecified atom stereocenters. The fourth-order valence-electron chi connectivity index (χ4n) is 1.56. The molecule has 0 bridgehead atoms. The Morgan fingerprint density at radius 3 is 2.88 bits per heavy atom. The van der Waals surface area contributed by atoms with Gasteiger partial charge in [-0.1, -0.05) is 23.7 Å². The van der Waals surface area contributed by atoms with E-state index in [1.54, 1.807) is 12.1 Å². The van der Waals surface area contributed by atoms with E-state index in [4.69, 9.17) is 11.6 Å². The van der Waals surface area contributed by atoms with Crippen LogP contribution in [0.5, 0.6) is 0 Å². The normalized spacial score (nSPS) is 10.2. The first-order valence-electron chi connectivity index (χ1n) is 5.37. The highest BCUT2D eigenvalue weighted by atomic mass is 35.5. The molecule has 0 aliphatic carbocycles. The van der Waals surface area contributed by atoms with Gasteiger partial charge in [0.1, 0.15) is 0 Å². The molecule has 1 aromatic heterocycles. The van der Waals surface area contributed by atoms with Gasteiger partial charge in [-0.25, -0.2) is 0 Å². The molecule has 4 heteroatoms. The Kier molecular flexibility index (Phi) is 3.83. The second-order valence-corrected chi connectivity index (χ2v) is 4.24. The zero-order valence-electron chi connectivity index (χ0n) is 9.24. The molecule has 1 heterocycles.